The second-order valence-corrected chi connectivity index (χ2v) is 6.00. The van der Waals surface area contributed by atoms with E-state index in [0.717, 1.165) is 23.3 Å². The Morgan fingerprint density at radius 3 is 2.90 bits per heavy atom. The zero-order valence-electron chi connectivity index (χ0n) is 11.2. The van der Waals surface area contributed by atoms with Gasteiger partial charge in [0.25, 0.3) is 0 Å². The van der Waals surface area contributed by atoms with Crippen molar-refractivity contribution in [3.8, 4) is 11.1 Å². The average Bonchev–Trinajstić information content (AvgIpc) is 2.49. The number of aromatic nitrogens is 1. The van der Waals surface area contributed by atoms with Gasteiger partial charge in [-0.3, -0.25) is 4.99 Å². The average molecular weight is 286 g/mol. The van der Waals surface area contributed by atoms with E-state index in [1.165, 1.54) is 6.20 Å². The largest absolute Gasteiger partial charge is 0.275 e. The monoisotopic (exact) mass is 286 g/mol. The molecule has 1 atom stereocenters. The molecule has 0 N–H and O–H groups in total. The van der Waals surface area contributed by atoms with E-state index in [2.05, 4.69) is 23.0 Å². The summed E-state index contributed by atoms with van der Waals surface area (Å²) >= 11 is 1.73. The van der Waals surface area contributed by atoms with Gasteiger partial charge in [-0.1, -0.05) is 18.2 Å². The van der Waals surface area contributed by atoms with Gasteiger partial charge < -0.3 is 0 Å². The number of hydrogen-bond acceptors (Lipinski definition) is 3. The molecule has 2 nitrogen and oxygen atoms in total. The molecule has 0 saturated heterocycles. The molecular formula is C16H15FN2S. The van der Waals surface area contributed by atoms with Gasteiger partial charge >= 0.3 is 0 Å². The molecule has 0 fully saturated rings. The molecule has 3 rings (SSSR count). The first-order valence-electron chi connectivity index (χ1n) is 6.56. The van der Waals surface area contributed by atoms with Crippen LogP contribution in [-0.2, 0) is 5.54 Å². The fourth-order valence-corrected chi connectivity index (χ4v) is 3.30. The molecule has 20 heavy (non-hydrogen) atoms. The van der Waals surface area contributed by atoms with E-state index >= 15 is 0 Å². The molecular weight excluding hydrogens is 271 g/mol. The van der Waals surface area contributed by atoms with Crippen LogP contribution in [0.1, 0.15) is 18.9 Å². The minimum Gasteiger partial charge on any atom is -0.275 e. The van der Waals surface area contributed by atoms with Crippen LogP contribution in [0.25, 0.3) is 11.1 Å². The summed E-state index contributed by atoms with van der Waals surface area (Å²) in [5, 5.41) is 0. The molecule has 0 amide bonds. The van der Waals surface area contributed by atoms with E-state index in [1.807, 2.05) is 23.7 Å². The second kappa shape index (κ2) is 5.37. The van der Waals surface area contributed by atoms with E-state index in [1.54, 1.807) is 23.9 Å². The van der Waals surface area contributed by atoms with E-state index in [4.69, 9.17) is 0 Å². The Morgan fingerprint density at radius 1 is 1.25 bits per heavy atom. The van der Waals surface area contributed by atoms with Gasteiger partial charge in [-0.25, -0.2) is 4.98 Å². The molecule has 4 heteroatoms. The van der Waals surface area contributed by atoms with Gasteiger partial charge in [-0.15, -0.1) is 11.8 Å². The van der Waals surface area contributed by atoms with E-state index in [9.17, 15) is 4.39 Å². The maximum atomic E-state index is 13.8. The van der Waals surface area contributed by atoms with E-state index in [-0.39, 0.29) is 5.54 Å². The summed E-state index contributed by atoms with van der Waals surface area (Å²) in [6, 6.07) is 11.5. The second-order valence-electron chi connectivity index (χ2n) is 5.05. The Hall–Kier alpha value is -1.68. The number of rotatable bonds is 2. The molecule has 0 spiro atoms. The number of thioether (sulfide) groups is 1. The maximum absolute atomic E-state index is 13.8. The van der Waals surface area contributed by atoms with Gasteiger partial charge in [0, 0.05) is 17.5 Å². The van der Waals surface area contributed by atoms with Crippen molar-refractivity contribution >= 4 is 17.3 Å². The topological polar surface area (TPSA) is 25.2 Å². The fraction of sp³-hybridized carbons (Fsp3) is 0.250. The quantitative estimate of drug-likeness (QED) is 0.770. The third-order valence-corrected chi connectivity index (χ3v) is 4.37. The van der Waals surface area contributed by atoms with Crippen LogP contribution in [0.2, 0.25) is 0 Å². The molecule has 1 aromatic heterocycles. The molecule has 1 aromatic carbocycles. The predicted molar refractivity (Wildman–Crippen MR) is 82.6 cm³/mol. The van der Waals surface area contributed by atoms with Crippen LogP contribution in [-0.4, -0.2) is 16.3 Å². The molecule has 1 unspecified atom stereocenters. The van der Waals surface area contributed by atoms with Crippen molar-refractivity contribution in [2.24, 2.45) is 4.99 Å². The van der Waals surface area contributed by atoms with Crippen LogP contribution >= 0.6 is 11.8 Å². The summed E-state index contributed by atoms with van der Waals surface area (Å²) in [5.41, 5.74) is 4.21. The van der Waals surface area contributed by atoms with E-state index < -0.39 is 5.95 Å². The number of pyridine rings is 1. The van der Waals surface area contributed by atoms with Crippen molar-refractivity contribution in [1.29, 1.82) is 0 Å². The van der Waals surface area contributed by atoms with Gasteiger partial charge in [0.05, 0.1) is 11.1 Å². The number of aliphatic imine (C=N–C) groups is 1. The van der Waals surface area contributed by atoms with Crippen LogP contribution in [0.15, 0.2) is 47.6 Å². The number of benzene rings is 1. The van der Waals surface area contributed by atoms with Gasteiger partial charge in [-0.05, 0) is 42.7 Å². The summed E-state index contributed by atoms with van der Waals surface area (Å²) in [7, 11) is 0. The van der Waals surface area contributed by atoms with Crippen molar-refractivity contribution in [3.05, 3.63) is 54.1 Å². The molecule has 0 bridgehead atoms. The third kappa shape index (κ3) is 2.48. The standard InChI is InChI=1S/C16H15FN2S/c1-16(7-9-20-11-19-16)13-5-2-4-12(10-13)14-6-3-8-18-15(14)17/h2-6,8,10-11H,7,9H2,1H3. The Bertz CT molecular complexity index is 656. The zero-order chi connectivity index (χ0) is 14.0. The predicted octanol–water partition coefficient (Wildman–Crippen LogP) is 4.27. The Labute approximate surface area is 122 Å². The lowest BCUT2D eigenvalue weighted by Crippen LogP contribution is -2.22. The molecule has 2 heterocycles. The summed E-state index contributed by atoms with van der Waals surface area (Å²) in [6.07, 6.45) is 2.46. The van der Waals surface area contributed by atoms with Crippen LogP contribution in [0.4, 0.5) is 4.39 Å². The number of nitrogens with zero attached hydrogens (tertiary/aromatic N) is 2. The van der Waals surface area contributed by atoms with Crippen LogP contribution < -0.4 is 0 Å². The van der Waals surface area contributed by atoms with Crippen molar-refractivity contribution in [1.82, 2.24) is 4.98 Å². The summed E-state index contributed by atoms with van der Waals surface area (Å²) in [4.78, 5) is 8.33. The SMILES string of the molecule is CC1(c2cccc(-c3cccnc3F)c2)CCSC=N1. The Morgan fingerprint density at radius 2 is 2.15 bits per heavy atom. The third-order valence-electron chi connectivity index (χ3n) is 3.67. The first kappa shape index (κ1) is 13.3. The van der Waals surface area contributed by atoms with Crippen LogP contribution in [0, 0.1) is 5.95 Å². The van der Waals surface area contributed by atoms with Crippen molar-refractivity contribution in [2.45, 2.75) is 18.9 Å². The smallest absolute Gasteiger partial charge is 0.220 e. The van der Waals surface area contributed by atoms with Gasteiger partial charge in [0.1, 0.15) is 0 Å². The molecule has 1 aliphatic heterocycles. The Balaban J connectivity index is 2.04. The molecule has 0 radical (unpaired) electrons. The lowest BCUT2D eigenvalue weighted by molar-refractivity contribution is 0.485. The maximum Gasteiger partial charge on any atom is 0.220 e. The van der Waals surface area contributed by atoms with Crippen molar-refractivity contribution in [2.75, 3.05) is 5.75 Å². The molecule has 102 valence electrons. The highest BCUT2D eigenvalue weighted by Crippen LogP contribution is 2.35. The minimum absolute atomic E-state index is 0.208. The molecule has 0 aliphatic carbocycles. The number of halogens is 1. The normalized spacial score (nSPS) is 21.9. The highest BCUT2D eigenvalue weighted by atomic mass is 32.2. The first-order chi connectivity index (χ1) is 9.69. The number of hydrogen-bond donors (Lipinski definition) is 0. The molecule has 0 saturated carbocycles. The highest BCUT2D eigenvalue weighted by molar-refractivity contribution is 8.12. The Kier molecular flexibility index (Phi) is 3.57. The molecule has 1 aliphatic rings. The van der Waals surface area contributed by atoms with Crippen LogP contribution in [0.3, 0.4) is 0 Å². The van der Waals surface area contributed by atoms with Crippen LogP contribution in [0.5, 0.6) is 0 Å². The first-order valence-corrected chi connectivity index (χ1v) is 7.61. The van der Waals surface area contributed by atoms with E-state index in [0.29, 0.717) is 5.56 Å². The van der Waals surface area contributed by atoms with Gasteiger partial charge in [0.2, 0.25) is 5.95 Å². The zero-order valence-corrected chi connectivity index (χ0v) is 12.0. The lowest BCUT2D eigenvalue weighted by atomic mass is 9.88. The highest BCUT2D eigenvalue weighted by Gasteiger charge is 2.27. The summed E-state index contributed by atoms with van der Waals surface area (Å²) in [6.45, 7) is 2.13. The summed E-state index contributed by atoms with van der Waals surface area (Å²) in [5.74, 6) is 0.628. The van der Waals surface area contributed by atoms with Crippen molar-refractivity contribution < 1.29 is 4.39 Å². The minimum atomic E-state index is -0.433. The fourth-order valence-electron chi connectivity index (χ4n) is 2.37. The van der Waals surface area contributed by atoms with Gasteiger partial charge in [0.15, 0.2) is 0 Å². The summed E-state index contributed by atoms with van der Waals surface area (Å²) < 4.78 is 13.8. The lowest BCUT2D eigenvalue weighted by Gasteiger charge is -2.28. The molecule has 2 aromatic rings. The van der Waals surface area contributed by atoms with Crippen molar-refractivity contribution in [3.63, 3.8) is 0 Å². The van der Waals surface area contributed by atoms with Gasteiger partial charge in [-0.2, -0.15) is 4.39 Å².